The molecular formula is C34H30N2O5. The second-order valence-electron chi connectivity index (χ2n) is 9.10. The molecule has 0 saturated heterocycles. The predicted octanol–water partition coefficient (Wildman–Crippen LogP) is 6.32. The number of hydrogen-bond donors (Lipinski definition) is 2. The highest BCUT2D eigenvalue weighted by atomic mass is 16.5. The number of allylic oxidation sites excluding steroid dienone is 1. The van der Waals surface area contributed by atoms with Gasteiger partial charge in [0.25, 0.3) is 11.8 Å². The van der Waals surface area contributed by atoms with Gasteiger partial charge in [-0.1, -0.05) is 60.2 Å². The van der Waals surface area contributed by atoms with Crippen molar-refractivity contribution in [1.82, 2.24) is 5.32 Å². The number of ether oxygens (including phenoxy) is 2. The average molecular weight is 547 g/mol. The lowest BCUT2D eigenvalue weighted by Gasteiger charge is -2.12. The first-order valence-electron chi connectivity index (χ1n) is 12.9. The molecule has 0 heterocycles. The summed E-state index contributed by atoms with van der Waals surface area (Å²) in [6, 6.07) is 28.2. The molecule has 206 valence electrons. The Bertz CT molecular complexity index is 1590. The van der Waals surface area contributed by atoms with Crippen molar-refractivity contribution in [1.29, 1.82) is 0 Å². The quantitative estimate of drug-likeness (QED) is 0.179. The number of methoxy groups -OCH3 is 2. The van der Waals surface area contributed by atoms with E-state index in [-0.39, 0.29) is 11.5 Å². The number of nitrogens with one attached hydrogen (secondary N) is 2. The van der Waals surface area contributed by atoms with E-state index in [1.165, 1.54) is 6.08 Å². The normalized spacial score (nSPS) is 11.1. The monoisotopic (exact) mass is 546 g/mol. The minimum atomic E-state index is -0.501. The third-order valence-corrected chi connectivity index (χ3v) is 6.19. The van der Waals surface area contributed by atoms with E-state index >= 15 is 0 Å². The molecular weight excluding hydrogens is 516 g/mol. The van der Waals surface area contributed by atoms with Crippen LogP contribution in [0.25, 0.3) is 12.2 Å². The van der Waals surface area contributed by atoms with Gasteiger partial charge in [0.15, 0.2) is 17.3 Å². The molecule has 0 fully saturated rings. The summed E-state index contributed by atoms with van der Waals surface area (Å²) in [5.41, 5.74) is 3.95. The predicted molar refractivity (Wildman–Crippen MR) is 161 cm³/mol. The first kappa shape index (κ1) is 28.6. The zero-order valence-electron chi connectivity index (χ0n) is 23.0. The van der Waals surface area contributed by atoms with E-state index in [0.717, 1.165) is 11.1 Å². The molecule has 0 spiro atoms. The van der Waals surface area contributed by atoms with Gasteiger partial charge in [0.05, 0.1) is 14.2 Å². The lowest BCUT2D eigenvalue weighted by molar-refractivity contribution is -0.113. The Kier molecular flexibility index (Phi) is 9.46. The van der Waals surface area contributed by atoms with Crippen LogP contribution in [0.5, 0.6) is 11.5 Å². The van der Waals surface area contributed by atoms with Crippen LogP contribution in [0.4, 0.5) is 5.69 Å². The van der Waals surface area contributed by atoms with E-state index in [4.69, 9.17) is 9.47 Å². The van der Waals surface area contributed by atoms with Crippen LogP contribution in [0.1, 0.15) is 37.4 Å². The summed E-state index contributed by atoms with van der Waals surface area (Å²) in [4.78, 5) is 38.9. The van der Waals surface area contributed by atoms with Gasteiger partial charge < -0.3 is 20.1 Å². The zero-order chi connectivity index (χ0) is 29.2. The molecule has 7 nitrogen and oxygen atoms in total. The van der Waals surface area contributed by atoms with Crippen LogP contribution in [0.15, 0.2) is 109 Å². The van der Waals surface area contributed by atoms with Gasteiger partial charge in [-0.2, -0.15) is 0 Å². The Hall–Kier alpha value is -5.43. The van der Waals surface area contributed by atoms with E-state index in [0.29, 0.717) is 33.9 Å². The lowest BCUT2D eigenvalue weighted by Crippen LogP contribution is -2.30. The van der Waals surface area contributed by atoms with Crippen molar-refractivity contribution in [2.45, 2.75) is 6.92 Å². The second kappa shape index (κ2) is 13.6. The number of amides is 2. The smallest absolute Gasteiger partial charge is 0.272 e. The molecule has 0 aliphatic rings. The summed E-state index contributed by atoms with van der Waals surface area (Å²) in [6.07, 6.45) is 4.73. The maximum absolute atomic E-state index is 13.2. The maximum atomic E-state index is 13.2. The van der Waals surface area contributed by atoms with Gasteiger partial charge in [0.2, 0.25) is 0 Å². The Morgan fingerprint density at radius 2 is 1.44 bits per heavy atom. The largest absolute Gasteiger partial charge is 0.493 e. The van der Waals surface area contributed by atoms with E-state index in [1.54, 1.807) is 81.0 Å². The third kappa shape index (κ3) is 7.58. The molecule has 0 aromatic heterocycles. The summed E-state index contributed by atoms with van der Waals surface area (Å²) in [7, 11) is 3.09. The minimum absolute atomic E-state index is 0.0815. The van der Waals surface area contributed by atoms with Crippen molar-refractivity contribution < 1.29 is 23.9 Å². The summed E-state index contributed by atoms with van der Waals surface area (Å²) in [6.45, 7) is 1.97. The molecule has 0 unspecified atom stereocenters. The van der Waals surface area contributed by atoms with Crippen molar-refractivity contribution in [3.05, 3.63) is 137 Å². The number of aryl methyl sites for hydroxylation is 1. The number of carbonyl (C=O) groups is 3. The molecule has 4 rings (SSSR count). The fourth-order valence-electron chi connectivity index (χ4n) is 3.99. The molecule has 0 saturated carbocycles. The van der Waals surface area contributed by atoms with Crippen molar-refractivity contribution in [2.75, 3.05) is 19.5 Å². The van der Waals surface area contributed by atoms with Crippen molar-refractivity contribution >= 4 is 35.4 Å². The number of rotatable bonds is 10. The van der Waals surface area contributed by atoms with Crippen LogP contribution in [-0.4, -0.2) is 31.8 Å². The van der Waals surface area contributed by atoms with Gasteiger partial charge in [-0.25, -0.2) is 0 Å². The highest BCUT2D eigenvalue weighted by Crippen LogP contribution is 2.31. The minimum Gasteiger partial charge on any atom is -0.493 e. The first-order chi connectivity index (χ1) is 19.9. The molecule has 0 atom stereocenters. The summed E-state index contributed by atoms with van der Waals surface area (Å²) < 4.78 is 10.7. The summed E-state index contributed by atoms with van der Waals surface area (Å²) in [5.74, 6) is -0.0230. The fourth-order valence-corrected chi connectivity index (χ4v) is 3.99. The van der Waals surface area contributed by atoms with Crippen LogP contribution >= 0.6 is 0 Å². The van der Waals surface area contributed by atoms with Gasteiger partial charge >= 0.3 is 0 Å². The van der Waals surface area contributed by atoms with Gasteiger partial charge in [-0.05, 0) is 73.2 Å². The zero-order valence-corrected chi connectivity index (χ0v) is 23.0. The molecule has 2 N–H and O–H groups in total. The number of para-hydroxylation sites is 1. The highest BCUT2D eigenvalue weighted by molar-refractivity contribution is 6.11. The molecule has 7 heteroatoms. The van der Waals surface area contributed by atoms with Crippen LogP contribution in [-0.2, 0) is 4.79 Å². The molecule has 0 aliphatic carbocycles. The second-order valence-corrected chi connectivity index (χ2v) is 9.10. The summed E-state index contributed by atoms with van der Waals surface area (Å²) >= 11 is 0. The topological polar surface area (TPSA) is 93.7 Å². The van der Waals surface area contributed by atoms with Crippen molar-refractivity contribution in [2.24, 2.45) is 0 Å². The molecule has 0 radical (unpaired) electrons. The van der Waals surface area contributed by atoms with Gasteiger partial charge in [0.1, 0.15) is 5.70 Å². The first-order valence-corrected chi connectivity index (χ1v) is 12.9. The number of hydrogen-bond acceptors (Lipinski definition) is 5. The van der Waals surface area contributed by atoms with Crippen LogP contribution in [0.3, 0.4) is 0 Å². The van der Waals surface area contributed by atoms with Gasteiger partial charge in [-0.3, -0.25) is 14.4 Å². The van der Waals surface area contributed by atoms with Crippen molar-refractivity contribution in [3.8, 4) is 11.5 Å². The average Bonchev–Trinajstić information content (AvgIpc) is 3.01. The van der Waals surface area contributed by atoms with Gasteiger partial charge in [-0.15, -0.1) is 0 Å². The number of carbonyl (C=O) groups excluding carboxylic acids is 3. The number of benzene rings is 4. The number of anilines is 1. The standard InChI is InChI=1S/C34H30N2O5/c1-23-12-14-24(15-13-23)22-29(36-33(38)27-8-5-4-6-9-27)34(39)35-28-19-16-25(17-20-28)30(37)21-18-26-10-7-11-31(40-2)32(26)41-3/h4-22H,1-3H3,(H,35,39)(H,36,38)/b21-18+,29-22-. The fraction of sp³-hybridized carbons (Fsp3) is 0.0882. The van der Waals surface area contributed by atoms with E-state index in [2.05, 4.69) is 10.6 Å². The van der Waals surface area contributed by atoms with Crippen molar-refractivity contribution in [3.63, 3.8) is 0 Å². The molecule has 0 aliphatic heterocycles. The van der Waals surface area contributed by atoms with E-state index < -0.39 is 11.8 Å². The maximum Gasteiger partial charge on any atom is 0.272 e. The third-order valence-electron chi connectivity index (χ3n) is 6.19. The summed E-state index contributed by atoms with van der Waals surface area (Å²) in [5, 5.41) is 5.52. The van der Waals surface area contributed by atoms with Crippen LogP contribution < -0.4 is 20.1 Å². The van der Waals surface area contributed by atoms with E-state index in [1.807, 2.05) is 49.4 Å². The Labute approximate surface area is 239 Å². The van der Waals surface area contributed by atoms with Crippen LogP contribution in [0.2, 0.25) is 0 Å². The molecule has 0 bridgehead atoms. The molecule has 4 aromatic rings. The van der Waals surface area contributed by atoms with Crippen LogP contribution in [0, 0.1) is 6.92 Å². The van der Waals surface area contributed by atoms with Gasteiger partial charge in [0, 0.05) is 22.4 Å². The molecule has 41 heavy (non-hydrogen) atoms. The Morgan fingerprint density at radius 3 is 2.10 bits per heavy atom. The number of ketones is 1. The molecule has 4 aromatic carbocycles. The Balaban J connectivity index is 1.49. The van der Waals surface area contributed by atoms with E-state index in [9.17, 15) is 14.4 Å². The SMILES string of the molecule is COc1cccc(/C=C/C(=O)c2ccc(NC(=O)/C(=C/c3ccc(C)cc3)NC(=O)c3ccccc3)cc2)c1OC. The lowest BCUT2D eigenvalue weighted by atomic mass is 10.1. The molecule has 2 amide bonds. The highest BCUT2D eigenvalue weighted by Gasteiger charge is 2.15. The Morgan fingerprint density at radius 1 is 0.732 bits per heavy atom.